The van der Waals surface area contributed by atoms with Crippen LogP contribution in [0.4, 0.5) is 11.4 Å². The number of nitrogens with two attached hydrogens (primary N) is 1. The lowest BCUT2D eigenvalue weighted by Gasteiger charge is -2.13. The average Bonchev–Trinajstić information content (AvgIpc) is 3.06. The third-order valence-electron chi connectivity index (χ3n) is 5.54. The summed E-state index contributed by atoms with van der Waals surface area (Å²) in [6.45, 7) is 10.1. The van der Waals surface area contributed by atoms with Crippen molar-refractivity contribution in [2.24, 2.45) is 0 Å². The molecule has 3 N–H and O–H groups in total. The van der Waals surface area contributed by atoms with Crippen LogP contribution in [0.25, 0.3) is 0 Å². The number of ether oxygens (including phenoxy) is 2. The summed E-state index contributed by atoms with van der Waals surface area (Å²) in [6, 6.07) is 33.6. The Balaban J connectivity index is 0.000000329. The number of nitrogens with one attached hydrogen (secondary N) is 1. The summed E-state index contributed by atoms with van der Waals surface area (Å²) in [4.78, 5) is 22.9. The smallest absolute Gasteiger partial charge is 0.239 e. The summed E-state index contributed by atoms with van der Waals surface area (Å²) in [5.74, 6) is 2.74. The second-order valence-electron chi connectivity index (χ2n) is 8.71. The van der Waals surface area contributed by atoms with E-state index in [-0.39, 0.29) is 17.7 Å². The highest BCUT2D eigenvalue weighted by atomic mass is 35.5. The Bertz CT molecular complexity index is 1300. The van der Waals surface area contributed by atoms with Gasteiger partial charge in [-0.25, -0.2) is 0 Å². The Morgan fingerprint density at radius 3 is 1.32 bits per heavy atom. The van der Waals surface area contributed by atoms with E-state index in [1.54, 1.807) is 24.3 Å². The van der Waals surface area contributed by atoms with Crippen molar-refractivity contribution in [1.82, 2.24) is 4.90 Å². The Kier molecular flexibility index (Phi) is 20.6. The van der Waals surface area contributed by atoms with Crippen molar-refractivity contribution in [3.8, 4) is 23.0 Å². The molecule has 4 aromatic rings. The van der Waals surface area contributed by atoms with Gasteiger partial charge in [-0.15, -0.1) is 23.2 Å². The zero-order valence-corrected chi connectivity index (χ0v) is 27.5. The number of alkyl halides is 2. The van der Waals surface area contributed by atoms with Crippen LogP contribution in [0.2, 0.25) is 0 Å². The van der Waals surface area contributed by atoms with Gasteiger partial charge in [-0.1, -0.05) is 57.2 Å². The number of nitrogen functional groups attached to an aromatic ring is 1. The Morgan fingerprint density at radius 1 is 0.636 bits per heavy atom. The van der Waals surface area contributed by atoms with E-state index in [4.69, 9.17) is 50.0 Å². The second-order valence-corrected chi connectivity index (χ2v) is 9.67. The first-order valence-corrected chi connectivity index (χ1v) is 15.4. The van der Waals surface area contributed by atoms with E-state index in [9.17, 15) is 9.59 Å². The molecule has 0 fully saturated rings. The summed E-state index contributed by atoms with van der Waals surface area (Å²) in [5, 5.41) is 2.15. The molecule has 4 rings (SSSR count). The molecular formula is C34H40Cl3N3O4. The molecule has 0 aliphatic heterocycles. The molecule has 7 nitrogen and oxygen atoms in total. The largest absolute Gasteiger partial charge is 0.457 e. The van der Waals surface area contributed by atoms with Crippen molar-refractivity contribution in [2.75, 3.05) is 42.4 Å². The van der Waals surface area contributed by atoms with Gasteiger partial charge in [0.1, 0.15) is 28.9 Å². The van der Waals surface area contributed by atoms with Crippen molar-refractivity contribution in [3.05, 3.63) is 109 Å². The van der Waals surface area contributed by atoms with Crippen LogP contribution in [0.5, 0.6) is 23.0 Å². The minimum Gasteiger partial charge on any atom is -0.457 e. The van der Waals surface area contributed by atoms with E-state index in [0.717, 1.165) is 22.9 Å². The van der Waals surface area contributed by atoms with Gasteiger partial charge in [-0.05, 0) is 104 Å². The summed E-state index contributed by atoms with van der Waals surface area (Å²) in [5.41, 5.74) is 7.00. The van der Waals surface area contributed by atoms with E-state index in [1.165, 1.54) is 19.6 Å². The normalized spacial score (nSPS) is 9.61. The molecule has 0 aliphatic rings. The number of carbonyl (C=O) groups excluding carboxylic acids is 2. The second kappa shape index (κ2) is 23.7. The lowest BCUT2D eigenvalue weighted by Crippen LogP contribution is -2.21. The number of halogens is 3. The standard InChI is InChI=1S/C14H12ClNO2.C12H11NO.C6H15N.C2H2Cl2O/c15-10-14(17)16-11-6-8-13(9-7-11)18-12-4-2-1-3-5-12;13-10-6-8-12(9-7-10)14-11-4-2-1-3-5-11;1-4-7(5-2)6-3;3-1-2(4)5/h1-9H,10H2,(H,16,17);1-9H,13H2;4-6H2,1-3H3;1H2. The fraction of sp³-hybridized carbons (Fsp3) is 0.235. The van der Waals surface area contributed by atoms with Crippen LogP contribution in [0.1, 0.15) is 20.8 Å². The Labute approximate surface area is 275 Å². The van der Waals surface area contributed by atoms with Gasteiger partial charge in [0.2, 0.25) is 11.1 Å². The number of benzene rings is 4. The number of para-hydroxylation sites is 2. The molecule has 0 spiro atoms. The van der Waals surface area contributed by atoms with Crippen molar-refractivity contribution < 1.29 is 19.1 Å². The van der Waals surface area contributed by atoms with Gasteiger partial charge in [-0.3, -0.25) is 9.59 Å². The average molecular weight is 661 g/mol. The SMILES string of the molecule is CCN(CC)CC.Nc1ccc(Oc2ccccc2)cc1.O=C(CCl)Nc1ccc(Oc2ccccc2)cc1.O=C(Cl)CCl. The lowest BCUT2D eigenvalue weighted by atomic mass is 10.3. The maximum atomic E-state index is 11.1. The molecule has 0 heterocycles. The van der Waals surface area contributed by atoms with Crippen LogP contribution < -0.4 is 20.5 Å². The first kappa shape index (κ1) is 38.3. The summed E-state index contributed by atoms with van der Waals surface area (Å²) >= 11 is 15.0. The fourth-order valence-corrected chi connectivity index (χ4v) is 3.32. The highest BCUT2D eigenvalue weighted by Gasteiger charge is 2.01. The number of nitrogens with zero attached hydrogens (tertiary/aromatic N) is 1. The predicted octanol–water partition coefficient (Wildman–Crippen LogP) is 9.06. The van der Waals surface area contributed by atoms with Gasteiger partial charge in [0.05, 0.1) is 5.88 Å². The van der Waals surface area contributed by atoms with Gasteiger partial charge >= 0.3 is 0 Å². The van der Waals surface area contributed by atoms with Gasteiger partial charge in [0.25, 0.3) is 0 Å². The number of hydrogen-bond donors (Lipinski definition) is 2. The minimum atomic E-state index is -0.508. The minimum absolute atomic E-state index is 0.0533. The zero-order chi connectivity index (χ0) is 32.6. The number of rotatable bonds is 10. The Morgan fingerprint density at radius 2 is 1.00 bits per heavy atom. The van der Waals surface area contributed by atoms with Crippen LogP contribution in [0, 0.1) is 0 Å². The number of carbonyl (C=O) groups is 2. The van der Waals surface area contributed by atoms with Crippen LogP contribution in [0.15, 0.2) is 109 Å². The van der Waals surface area contributed by atoms with Crippen molar-refractivity contribution in [2.45, 2.75) is 20.8 Å². The first-order valence-electron chi connectivity index (χ1n) is 14.0. The Hall–Kier alpha value is -3.75. The maximum absolute atomic E-state index is 11.1. The number of amides is 1. The maximum Gasteiger partial charge on any atom is 0.239 e. The van der Waals surface area contributed by atoms with Gasteiger partial charge in [0, 0.05) is 11.4 Å². The zero-order valence-electron chi connectivity index (χ0n) is 25.2. The van der Waals surface area contributed by atoms with Gasteiger partial charge in [-0.2, -0.15) is 0 Å². The van der Waals surface area contributed by atoms with E-state index in [2.05, 4.69) is 31.0 Å². The van der Waals surface area contributed by atoms with Crippen molar-refractivity contribution in [1.29, 1.82) is 0 Å². The van der Waals surface area contributed by atoms with Gasteiger partial charge in [0.15, 0.2) is 0 Å². The topological polar surface area (TPSA) is 93.9 Å². The number of anilines is 2. The third kappa shape index (κ3) is 18.0. The van der Waals surface area contributed by atoms with Crippen LogP contribution in [-0.4, -0.2) is 47.4 Å². The molecule has 236 valence electrons. The molecule has 0 unspecified atom stereocenters. The van der Waals surface area contributed by atoms with E-state index < -0.39 is 5.24 Å². The molecule has 4 aromatic carbocycles. The first-order chi connectivity index (χ1) is 21.2. The summed E-state index contributed by atoms with van der Waals surface area (Å²) in [7, 11) is 0. The quantitative estimate of drug-likeness (QED) is 0.100. The molecular weight excluding hydrogens is 621 g/mol. The van der Waals surface area contributed by atoms with Crippen molar-refractivity contribution in [3.63, 3.8) is 0 Å². The van der Waals surface area contributed by atoms with E-state index >= 15 is 0 Å². The third-order valence-corrected chi connectivity index (χ3v) is 6.30. The molecule has 10 heteroatoms. The highest BCUT2D eigenvalue weighted by Crippen LogP contribution is 2.23. The molecule has 44 heavy (non-hydrogen) atoms. The predicted molar refractivity (Wildman–Crippen MR) is 185 cm³/mol. The number of hydrogen-bond acceptors (Lipinski definition) is 6. The summed E-state index contributed by atoms with van der Waals surface area (Å²) < 4.78 is 11.2. The molecule has 0 aromatic heterocycles. The van der Waals surface area contributed by atoms with E-state index in [1.807, 2.05) is 84.9 Å². The lowest BCUT2D eigenvalue weighted by molar-refractivity contribution is -0.114. The van der Waals surface area contributed by atoms with Crippen LogP contribution in [-0.2, 0) is 9.59 Å². The van der Waals surface area contributed by atoms with E-state index in [0.29, 0.717) is 11.4 Å². The van der Waals surface area contributed by atoms with Crippen LogP contribution >= 0.6 is 34.8 Å². The molecule has 0 radical (unpaired) electrons. The molecule has 1 amide bonds. The van der Waals surface area contributed by atoms with Crippen LogP contribution in [0.3, 0.4) is 0 Å². The van der Waals surface area contributed by atoms with Crippen molar-refractivity contribution >= 4 is 57.3 Å². The monoisotopic (exact) mass is 659 g/mol. The highest BCUT2D eigenvalue weighted by molar-refractivity contribution is 6.67. The molecule has 0 saturated heterocycles. The fourth-order valence-electron chi connectivity index (χ4n) is 3.26. The molecule has 0 bridgehead atoms. The van der Waals surface area contributed by atoms with Gasteiger partial charge < -0.3 is 25.4 Å². The summed E-state index contributed by atoms with van der Waals surface area (Å²) in [6.07, 6.45) is 0. The molecule has 0 aliphatic carbocycles. The molecule has 0 atom stereocenters. The molecule has 0 saturated carbocycles.